The number of carbonyl (C=O) groups excluding carboxylic acids is 1. The third-order valence-electron chi connectivity index (χ3n) is 4.89. The summed E-state index contributed by atoms with van der Waals surface area (Å²) in [5.41, 5.74) is 0.600. The van der Waals surface area contributed by atoms with Gasteiger partial charge in [0.1, 0.15) is 0 Å². The van der Waals surface area contributed by atoms with Gasteiger partial charge in [0.15, 0.2) is 0 Å². The predicted molar refractivity (Wildman–Crippen MR) is 111 cm³/mol. The second-order valence-electron chi connectivity index (χ2n) is 7.02. The molecule has 0 bridgehead atoms. The Hall–Kier alpha value is -3.02. The van der Waals surface area contributed by atoms with Crippen molar-refractivity contribution in [3.05, 3.63) is 71.3 Å². The van der Waals surface area contributed by atoms with Crippen molar-refractivity contribution in [3.63, 3.8) is 0 Å². The fourth-order valence-electron chi connectivity index (χ4n) is 3.32. The van der Waals surface area contributed by atoms with Crippen molar-refractivity contribution in [2.45, 2.75) is 12.2 Å². The molecule has 0 aliphatic carbocycles. The first-order chi connectivity index (χ1) is 14.9. The quantitative estimate of drug-likeness (QED) is 0.714. The highest BCUT2D eigenvalue weighted by molar-refractivity contribution is 5.74. The first-order valence-corrected chi connectivity index (χ1v) is 9.98. The van der Waals surface area contributed by atoms with Crippen molar-refractivity contribution in [3.8, 4) is 11.8 Å². The van der Waals surface area contributed by atoms with Crippen LogP contribution >= 0.6 is 0 Å². The van der Waals surface area contributed by atoms with Gasteiger partial charge >= 0.3 is 12.2 Å². The largest absolute Gasteiger partial charge is 0.416 e. The zero-order chi connectivity index (χ0) is 22.1. The van der Waals surface area contributed by atoms with Gasteiger partial charge in [-0.15, -0.1) is 0 Å². The summed E-state index contributed by atoms with van der Waals surface area (Å²) >= 11 is 0. The number of morpholine rings is 1. The average Bonchev–Trinajstić information content (AvgIpc) is 2.78. The number of rotatable bonds is 5. The van der Waals surface area contributed by atoms with Crippen LogP contribution in [-0.2, 0) is 10.9 Å². The molecule has 1 atom stereocenters. The molecule has 2 amide bonds. The number of nitrogens with one attached hydrogen (secondary N) is 2. The van der Waals surface area contributed by atoms with Crippen molar-refractivity contribution in [1.29, 1.82) is 0 Å². The summed E-state index contributed by atoms with van der Waals surface area (Å²) in [7, 11) is 0. The second kappa shape index (κ2) is 10.8. The van der Waals surface area contributed by atoms with Crippen LogP contribution < -0.4 is 10.6 Å². The monoisotopic (exact) mass is 431 g/mol. The molecule has 0 saturated carbocycles. The Balaban J connectivity index is 1.52. The highest BCUT2D eigenvalue weighted by Gasteiger charge is 2.30. The molecule has 2 N–H and O–H groups in total. The van der Waals surface area contributed by atoms with Gasteiger partial charge in [0.2, 0.25) is 0 Å². The lowest BCUT2D eigenvalue weighted by molar-refractivity contribution is -0.137. The van der Waals surface area contributed by atoms with Gasteiger partial charge in [0, 0.05) is 25.2 Å². The van der Waals surface area contributed by atoms with Crippen LogP contribution in [0.4, 0.5) is 18.0 Å². The molecule has 1 aliphatic rings. The van der Waals surface area contributed by atoms with Gasteiger partial charge in [-0.3, -0.25) is 4.90 Å². The van der Waals surface area contributed by atoms with Gasteiger partial charge in [-0.05, 0) is 23.8 Å². The highest BCUT2D eigenvalue weighted by atomic mass is 19.4. The molecule has 0 spiro atoms. The molecule has 2 aromatic rings. The minimum absolute atomic E-state index is 0.0204. The van der Waals surface area contributed by atoms with Crippen LogP contribution in [0.2, 0.25) is 0 Å². The summed E-state index contributed by atoms with van der Waals surface area (Å²) < 4.78 is 43.7. The number of nitrogens with zero attached hydrogens (tertiary/aromatic N) is 1. The third-order valence-corrected chi connectivity index (χ3v) is 4.89. The van der Waals surface area contributed by atoms with Gasteiger partial charge in [0.25, 0.3) is 0 Å². The molecular formula is C23H24F3N3O2. The number of hydrogen-bond donors (Lipinski definition) is 2. The standard InChI is InChI=1S/C23H24F3N3O2/c24-23(25,26)20-10-4-6-18(16-20)7-5-11-27-22(30)28-17-21(19-8-2-1-3-9-19)29-12-14-31-15-13-29/h1-4,6,8-10,16,21H,11-15,17H2,(H2,27,28,30). The molecule has 1 saturated heterocycles. The maximum atomic E-state index is 12.7. The number of ether oxygens (including phenoxy) is 1. The number of hydrogen-bond acceptors (Lipinski definition) is 3. The fourth-order valence-corrected chi connectivity index (χ4v) is 3.32. The minimum atomic E-state index is -4.41. The van der Waals surface area contributed by atoms with Crippen LogP contribution in [0.25, 0.3) is 0 Å². The number of amides is 2. The molecule has 2 aromatic carbocycles. The van der Waals surface area contributed by atoms with Gasteiger partial charge in [-0.2, -0.15) is 13.2 Å². The zero-order valence-electron chi connectivity index (χ0n) is 16.9. The van der Waals surface area contributed by atoms with Crippen LogP contribution in [0.15, 0.2) is 54.6 Å². The molecule has 5 nitrogen and oxygen atoms in total. The molecule has 1 unspecified atom stereocenters. The predicted octanol–water partition coefficient (Wildman–Crippen LogP) is 3.43. The minimum Gasteiger partial charge on any atom is -0.379 e. The highest BCUT2D eigenvalue weighted by Crippen LogP contribution is 2.29. The van der Waals surface area contributed by atoms with E-state index in [1.807, 2.05) is 30.3 Å². The van der Waals surface area contributed by atoms with E-state index in [0.717, 1.165) is 30.8 Å². The lowest BCUT2D eigenvalue weighted by atomic mass is 10.0. The molecule has 3 rings (SSSR count). The Morgan fingerprint density at radius 3 is 2.52 bits per heavy atom. The van der Waals surface area contributed by atoms with Crippen molar-refractivity contribution < 1.29 is 22.7 Å². The maximum Gasteiger partial charge on any atom is 0.416 e. The molecule has 1 aliphatic heterocycles. The van der Waals surface area contributed by atoms with E-state index in [-0.39, 0.29) is 24.2 Å². The number of urea groups is 1. The summed E-state index contributed by atoms with van der Waals surface area (Å²) in [6, 6.07) is 14.4. The van der Waals surface area contributed by atoms with E-state index in [4.69, 9.17) is 4.74 Å². The first kappa shape index (κ1) is 22.7. The molecule has 1 heterocycles. The molecule has 31 heavy (non-hydrogen) atoms. The molecule has 8 heteroatoms. The van der Waals surface area contributed by atoms with Crippen LogP contribution in [-0.4, -0.2) is 50.3 Å². The second-order valence-corrected chi connectivity index (χ2v) is 7.02. The van der Waals surface area contributed by atoms with E-state index in [2.05, 4.69) is 27.4 Å². The van der Waals surface area contributed by atoms with Crippen molar-refractivity contribution in [2.75, 3.05) is 39.4 Å². The van der Waals surface area contributed by atoms with Crippen molar-refractivity contribution in [2.24, 2.45) is 0 Å². The van der Waals surface area contributed by atoms with Gasteiger partial charge in [0.05, 0.1) is 31.4 Å². The number of halogens is 3. The molecule has 1 fully saturated rings. The van der Waals surface area contributed by atoms with E-state index >= 15 is 0 Å². The van der Waals surface area contributed by atoms with Gasteiger partial charge < -0.3 is 15.4 Å². The van der Waals surface area contributed by atoms with Crippen LogP contribution in [0.1, 0.15) is 22.7 Å². The Morgan fingerprint density at radius 1 is 1.06 bits per heavy atom. The van der Waals surface area contributed by atoms with E-state index in [0.29, 0.717) is 19.8 Å². The lowest BCUT2D eigenvalue weighted by Gasteiger charge is -2.34. The van der Waals surface area contributed by atoms with Crippen LogP contribution in [0.5, 0.6) is 0 Å². The number of alkyl halides is 3. The van der Waals surface area contributed by atoms with E-state index in [1.54, 1.807) is 0 Å². The normalized spacial score (nSPS) is 15.5. The Labute approximate surface area is 179 Å². The van der Waals surface area contributed by atoms with Gasteiger partial charge in [-0.25, -0.2) is 4.79 Å². The van der Waals surface area contributed by atoms with Crippen LogP contribution in [0.3, 0.4) is 0 Å². The van der Waals surface area contributed by atoms with E-state index in [9.17, 15) is 18.0 Å². The Kier molecular flexibility index (Phi) is 7.93. The van der Waals surface area contributed by atoms with E-state index in [1.165, 1.54) is 12.1 Å². The molecule has 0 aromatic heterocycles. The summed E-state index contributed by atoms with van der Waals surface area (Å²) in [4.78, 5) is 14.4. The smallest absolute Gasteiger partial charge is 0.379 e. The Bertz CT molecular complexity index is 917. The summed E-state index contributed by atoms with van der Waals surface area (Å²) in [5.74, 6) is 5.32. The third kappa shape index (κ3) is 7.02. The number of carbonyl (C=O) groups is 1. The average molecular weight is 431 g/mol. The summed E-state index contributed by atoms with van der Waals surface area (Å²) in [5, 5.41) is 5.48. The molecule has 0 radical (unpaired) electrons. The summed E-state index contributed by atoms with van der Waals surface area (Å²) in [6.07, 6.45) is -4.41. The zero-order valence-corrected chi connectivity index (χ0v) is 16.9. The number of benzene rings is 2. The maximum absolute atomic E-state index is 12.7. The van der Waals surface area contributed by atoms with Gasteiger partial charge in [-0.1, -0.05) is 48.2 Å². The van der Waals surface area contributed by atoms with E-state index < -0.39 is 11.7 Å². The van der Waals surface area contributed by atoms with Crippen molar-refractivity contribution in [1.82, 2.24) is 15.5 Å². The fraction of sp³-hybridized carbons (Fsp3) is 0.348. The SMILES string of the molecule is O=C(NCC#Cc1cccc(C(F)(F)F)c1)NCC(c1ccccc1)N1CCOCC1. The lowest BCUT2D eigenvalue weighted by Crippen LogP contribution is -2.45. The molecule has 164 valence electrons. The Morgan fingerprint density at radius 2 is 1.81 bits per heavy atom. The first-order valence-electron chi connectivity index (χ1n) is 9.98. The van der Waals surface area contributed by atoms with Crippen molar-refractivity contribution >= 4 is 6.03 Å². The van der Waals surface area contributed by atoms with Crippen LogP contribution in [0, 0.1) is 11.8 Å². The summed E-state index contributed by atoms with van der Waals surface area (Å²) in [6.45, 7) is 3.31. The topological polar surface area (TPSA) is 53.6 Å². The molecular weight excluding hydrogens is 407 g/mol.